The minimum atomic E-state index is -0.939. The van der Waals surface area contributed by atoms with E-state index in [1.807, 2.05) is 45.0 Å². The molecule has 0 bridgehead atoms. The first kappa shape index (κ1) is 27.8. The number of rotatable bonds is 8. The normalized spacial score (nSPS) is 16.0. The van der Waals surface area contributed by atoms with Crippen molar-refractivity contribution in [1.82, 2.24) is 15.5 Å². The van der Waals surface area contributed by atoms with E-state index in [0.717, 1.165) is 24.8 Å². The molecule has 7 nitrogen and oxygen atoms in total. The number of benzene rings is 1. The zero-order chi connectivity index (χ0) is 25.7. The monoisotopic (exact) mass is 489 g/mol. The minimum absolute atomic E-state index is 0.0710. The molecule has 2 N–H and O–H groups in total. The number of nitrogens with zero attached hydrogens (tertiary/aromatic N) is 1. The maximum atomic E-state index is 13.9. The van der Waals surface area contributed by atoms with Gasteiger partial charge in [-0.15, -0.1) is 0 Å². The average molecular weight is 490 g/mol. The number of thiol groups is 1. The van der Waals surface area contributed by atoms with E-state index >= 15 is 0 Å². The summed E-state index contributed by atoms with van der Waals surface area (Å²) in [5.74, 6) is -0.561. The van der Waals surface area contributed by atoms with Crippen LogP contribution in [0.25, 0.3) is 6.08 Å². The number of carbonyl (C=O) groups excluding carboxylic acids is 3. The third-order valence-electron chi connectivity index (χ3n) is 5.38. The lowest BCUT2D eigenvalue weighted by Gasteiger charge is -2.44. The number of nitrogens with one attached hydrogen (secondary N) is 2. The highest BCUT2D eigenvalue weighted by molar-refractivity contribution is 7.80. The van der Waals surface area contributed by atoms with Gasteiger partial charge in [0.1, 0.15) is 17.7 Å². The van der Waals surface area contributed by atoms with Crippen LogP contribution in [0.4, 0.5) is 4.79 Å². The summed E-state index contributed by atoms with van der Waals surface area (Å²) >= 11 is 4.33. The van der Waals surface area contributed by atoms with E-state index in [-0.39, 0.29) is 23.6 Å². The van der Waals surface area contributed by atoms with Crippen LogP contribution in [0.1, 0.15) is 78.0 Å². The van der Waals surface area contributed by atoms with Crippen molar-refractivity contribution in [3.05, 3.63) is 42.0 Å². The van der Waals surface area contributed by atoms with Crippen LogP contribution in [0.3, 0.4) is 0 Å². The van der Waals surface area contributed by atoms with Crippen LogP contribution in [-0.4, -0.2) is 51.8 Å². The van der Waals surface area contributed by atoms with Crippen LogP contribution < -0.4 is 10.6 Å². The van der Waals surface area contributed by atoms with E-state index < -0.39 is 29.3 Å². The van der Waals surface area contributed by atoms with Crippen molar-refractivity contribution >= 4 is 36.6 Å². The molecule has 2 rings (SSSR count). The van der Waals surface area contributed by atoms with Gasteiger partial charge in [0, 0.05) is 17.3 Å². The number of hydrogen-bond acceptors (Lipinski definition) is 5. The fraction of sp³-hybridized carbons (Fsp3) is 0.577. The lowest BCUT2D eigenvalue weighted by molar-refractivity contribution is -0.147. The number of alkyl carbamates (subject to hydrolysis) is 1. The summed E-state index contributed by atoms with van der Waals surface area (Å²) in [7, 11) is 0. The Morgan fingerprint density at radius 1 is 1.21 bits per heavy atom. The van der Waals surface area contributed by atoms with Gasteiger partial charge in [-0.25, -0.2) is 4.79 Å². The van der Waals surface area contributed by atoms with Crippen molar-refractivity contribution in [2.75, 3.05) is 5.75 Å². The van der Waals surface area contributed by atoms with Crippen LogP contribution in [0.15, 0.2) is 30.8 Å². The molecule has 1 fully saturated rings. The Morgan fingerprint density at radius 3 is 2.32 bits per heavy atom. The van der Waals surface area contributed by atoms with Crippen molar-refractivity contribution < 1.29 is 19.1 Å². The summed E-state index contributed by atoms with van der Waals surface area (Å²) < 4.78 is 5.34. The molecule has 1 aromatic rings. The maximum absolute atomic E-state index is 13.9. The number of hydrogen-bond donors (Lipinski definition) is 3. The van der Waals surface area contributed by atoms with E-state index in [2.05, 4.69) is 29.8 Å². The standard InChI is InChI=1S/C26H39N3O4S/c1-8-17-11-9-12-18(15-17)21(22(30)28-25(2,3)4)29(19-13-10-14-19)23(31)20(16-34)27-24(32)33-26(5,6)7/h8-9,11-12,15,19-21,34H,1,10,13-14,16H2,2-7H3,(H,27,32)(H,28,30). The maximum Gasteiger partial charge on any atom is 0.408 e. The summed E-state index contributed by atoms with van der Waals surface area (Å²) in [6.07, 6.45) is 3.56. The smallest absolute Gasteiger partial charge is 0.408 e. The zero-order valence-corrected chi connectivity index (χ0v) is 22.1. The van der Waals surface area contributed by atoms with Gasteiger partial charge in [0.25, 0.3) is 0 Å². The van der Waals surface area contributed by atoms with Gasteiger partial charge in [-0.2, -0.15) is 12.6 Å². The first-order valence-electron chi connectivity index (χ1n) is 11.7. The molecule has 1 aliphatic rings. The van der Waals surface area contributed by atoms with E-state index in [1.165, 1.54) is 0 Å². The fourth-order valence-electron chi connectivity index (χ4n) is 3.73. The molecule has 34 heavy (non-hydrogen) atoms. The molecular weight excluding hydrogens is 450 g/mol. The molecule has 0 saturated heterocycles. The van der Waals surface area contributed by atoms with Gasteiger partial charge in [0.2, 0.25) is 11.8 Å². The molecule has 1 aliphatic carbocycles. The van der Waals surface area contributed by atoms with Gasteiger partial charge >= 0.3 is 6.09 Å². The molecule has 2 atom stereocenters. The number of amides is 3. The third kappa shape index (κ3) is 7.79. The summed E-state index contributed by atoms with van der Waals surface area (Å²) in [6, 6.07) is 5.55. The Bertz CT molecular complexity index is 900. The predicted octanol–water partition coefficient (Wildman–Crippen LogP) is 4.49. The van der Waals surface area contributed by atoms with Gasteiger partial charge in [-0.05, 0) is 78.0 Å². The molecule has 0 spiro atoms. The van der Waals surface area contributed by atoms with Gasteiger partial charge in [-0.1, -0.05) is 30.9 Å². The highest BCUT2D eigenvalue weighted by Crippen LogP contribution is 2.34. The Balaban J connectivity index is 2.48. The van der Waals surface area contributed by atoms with Crippen molar-refractivity contribution in [2.45, 2.75) is 90.1 Å². The Kier molecular flexibility index (Phi) is 9.22. The first-order chi connectivity index (χ1) is 15.8. The summed E-state index contributed by atoms with van der Waals surface area (Å²) in [6.45, 7) is 14.8. The molecule has 0 aliphatic heterocycles. The van der Waals surface area contributed by atoms with Crippen molar-refractivity contribution in [2.24, 2.45) is 0 Å². The Labute approximate surface area is 209 Å². The second-order valence-electron chi connectivity index (χ2n) is 10.7. The van der Waals surface area contributed by atoms with Gasteiger partial charge in [0.05, 0.1) is 0 Å². The largest absolute Gasteiger partial charge is 0.444 e. The van der Waals surface area contributed by atoms with Crippen molar-refractivity contribution in [1.29, 1.82) is 0 Å². The van der Waals surface area contributed by atoms with E-state index in [1.54, 1.807) is 31.7 Å². The minimum Gasteiger partial charge on any atom is -0.444 e. The molecule has 1 aromatic carbocycles. The average Bonchev–Trinajstić information content (AvgIpc) is 2.67. The lowest BCUT2D eigenvalue weighted by Crippen LogP contribution is -2.59. The zero-order valence-electron chi connectivity index (χ0n) is 21.2. The quantitative estimate of drug-likeness (QED) is 0.470. The molecular formula is C26H39N3O4S. The highest BCUT2D eigenvalue weighted by atomic mass is 32.1. The van der Waals surface area contributed by atoms with Crippen LogP contribution in [0.5, 0.6) is 0 Å². The molecule has 0 radical (unpaired) electrons. The molecule has 0 aromatic heterocycles. The lowest BCUT2D eigenvalue weighted by atomic mass is 9.87. The molecule has 0 heterocycles. The van der Waals surface area contributed by atoms with E-state index in [9.17, 15) is 14.4 Å². The van der Waals surface area contributed by atoms with Gasteiger partial charge in [-0.3, -0.25) is 9.59 Å². The van der Waals surface area contributed by atoms with E-state index in [4.69, 9.17) is 4.74 Å². The van der Waals surface area contributed by atoms with Crippen molar-refractivity contribution in [3.63, 3.8) is 0 Å². The van der Waals surface area contributed by atoms with Crippen molar-refractivity contribution in [3.8, 4) is 0 Å². The van der Waals surface area contributed by atoms with Gasteiger partial charge in [0.15, 0.2) is 0 Å². The summed E-state index contributed by atoms with van der Waals surface area (Å²) in [4.78, 5) is 41.5. The first-order valence-corrected chi connectivity index (χ1v) is 12.4. The van der Waals surface area contributed by atoms with Gasteiger partial charge < -0.3 is 20.3 Å². The van der Waals surface area contributed by atoms with Crippen LogP contribution in [0, 0.1) is 0 Å². The predicted molar refractivity (Wildman–Crippen MR) is 139 cm³/mol. The molecule has 2 unspecified atom stereocenters. The third-order valence-corrected chi connectivity index (χ3v) is 5.75. The molecule has 1 saturated carbocycles. The van der Waals surface area contributed by atoms with Crippen LogP contribution >= 0.6 is 12.6 Å². The molecule has 8 heteroatoms. The van der Waals surface area contributed by atoms with E-state index in [0.29, 0.717) is 5.56 Å². The second-order valence-corrected chi connectivity index (χ2v) is 11.1. The summed E-state index contributed by atoms with van der Waals surface area (Å²) in [5, 5.41) is 5.68. The molecule has 188 valence electrons. The second kappa shape index (κ2) is 11.3. The SMILES string of the molecule is C=Cc1cccc(C(C(=O)NC(C)(C)C)N(C(=O)C(CS)NC(=O)OC(C)(C)C)C2CCC2)c1. The number of carbonyl (C=O) groups is 3. The van der Waals surface area contributed by atoms with Crippen LogP contribution in [-0.2, 0) is 14.3 Å². The fourth-order valence-corrected chi connectivity index (χ4v) is 3.98. The topological polar surface area (TPSA) is 87.7 Å². The van der Waals surface area contributed by atoms with Crippen LogP contribution in [0.2, 0.25) is 0 Å². The Hall–Kier alpha value is -2.48. The molecule has 3 amide bonds. The Morgan fingerprint density at radius 2 is 1.85 bits per heavy atom. The summed E-state index contributed by atoms with van der Waals surface area (Å²) in [5.41, 5.74) is 0.346. The highest BCUT2D eigenvalue weighted by Gasteiger charge is 2.42. The number of ether oxygens (including phenoxy) is 1.